The van der Waals surface area contributed by atoms with Crippen molar-refractivity contribution >= 4 is 12.1 Å². The number of aryl methyl sites for hydroxylation is 4. The molecule has 1 N–H and O–H groups in total. The van der Waals surface area contributed by atoms with Crippen molar-refractivity contribution in [1.82, 2.24) is 9.99 Å². The molecular formula is C24H27N3O. The highest BCUT2D eigenvalue weighted by Gasteiger charge is 2.09. The molecule has 0 spiro atoms. The van der Waals surface area contributed by atoms with Crippen molar-refractivity contribution < 1.29 is 4.79 Å². The standard InChI is InChI=1S/C24H27N3O/c1-16-6-10-23(11-7-16)27-19(4)13-22(20(27)5)15-25-26-24(28)14-21-9-8-17(2)18(3)12-21/h6-13,15H,14H2,1-5H3,(H,26,28)/b25-15-. The third kappa shape index (κ3) is 4.39. The summed E-state index contributed by atoms with van der Waals surface area (Å²) in [6.45, 7) is 10.3. The first-order valence-electron chi connectivity index (χ1n) is 9.49. The SMILES string of the molecule is Cc1ccc(-n2c(C)cc(/C=N\NC(=O)Cc3ccc(C)c(C)c3)c2C)cc1. The van der Waals surface area contributed by atoms with E-state index >= 15 is 0 Å². The van der Waals surface area contributed by atoms with Crippen LogP contribution in [0.25, 0.3) is 5.69 Å². The van der Waals surface area contributed by atoms with Gasteiger partial charge in [0.05, 0.1) is 12.6 Å². The molecule has 0 radical (unpaired) electrons. The van der Waals surface area contributed by atoms with Crippen LogP contribution in [0.15, 0.2) is 53.6 Å². The summed E-state index contributed by atoms with van der Waals surface area (Å²) in [7, 11) is 0. The van der Waals surface area contributed by atoms with E-state index in [1.807, 2.05) is 18.2 Å². The van der Waals surface area contributed by atoms with Gasteiger partial charge in [-0.15, -0.1) is 0 Å². The summed E-state index contributed by atoms with van der Waals surface area (Å²) in [5, 5.41) is 4.16. The van der Waals surface area contributed by atoms with Gasteiger partial charge in [-0.2, -0.15) is 5.10 Å². The minimum absolute atomic E-state index is 0.119. The Hall–Kier alpha value is -3.14. The van der Waals surface area contributed by atoms with Gasteiger partial charge in [-0.25, -0.2) is 5.43 Å². The number of aromatic nitrogens is 1. The van der Waals surface area contributed by atoms with Crippen molar-refractivity contribution in [3.63, 3.8) is 0 Å². The van der Waals surface area contributed by atoms with Crippen molar-refractivity contribution in [2.75, 3.05) is 0 Å². The quantitative estimate of drug-likeness (QED) is 0.511. The van der Waals surface area contributed by atoms with Crippen LogP contribution in [0.5, 0.6) is 0 Å². The maximum absolute atomic E-state index is 12.2. The van der Waals surface area contributed by atoms with Crippen LogP contribution >= 0.6 is 0 Å². The highest BCUT2D eigenvalue weighted by molar-refractivity contribution is 5.84. The van der Waals surface area contributed by atoms with Crippen molar-refractivity contribution in [2.45, 2.75) is 41.0 Å². The summed E-state index contributed by atoms with van der Waals surface area (Å²) >= 11 is 0. The third-order valence-electron chi connectivity index (χ3n) is 5.09. The molecule has 3 rings (SSSR count). The van der Waals surface area contributed by atoms with E-state index in [2.05, 4.69) is 80.0 Å². The van der Waals surface area contributed by atoms with Crippen LogP contribution in [-0.4, -0.2) is 16.7 Å². The Morgan fingerprint density at radius 2 is 1.68 bits per heavy atom. The van der Waals surface area contributed by atoms with Crippen molar-refractivity contribution in [3.8, 4) is 5.69 Å². The van der Waals surface area contributed by atoms with Crippen LogP contribution < -0.4 is 5.43 Å². The Labute approximate surface area is 166 Å². The Bertz CT molecular complexity index is 1030. The molecule has 1 amide bonds. The monoisotopic (exact) mass is 373 g/mol. The van der Waals surface area contributed by atoms with Gasteiger partial charge in [0.1, 0.15) is 0 Å². The number of carbonyl (C=O) groups excluding carboxylic acids is 1. The molecule has 4 heteroatoms. The Balaban J connectivity index is 1.69. The third-order valence-corrected chi connectivity index (χ3v) is 5.09. The zero-order chi connectivity index (χ0) is 20.3. The predicted molar refractivity (Wildman–Crippen MR) is 115 cm³/mol. The van der Waals surface area contributed by atoms with Crippen LogP contribution in [0.3, 0.4) is 0 Å². The van der Waals surface area contributed by atoms with Crippen molar-refractivity contribution in [3.05, 3.63) is 87.7 Å². The Morgan fingerprint density at radius 1 is 0.964 bits per heavy atom. The number of hydrogen-bond donors (Lipinski definition) is 1. The Kier molecular flexibility index (Phi) is 5.78. The van der Waals surface area contributed by atoms with E-state index < -0.39 is 0 Å². The maximum Gasteiger partial charge on any atom is 0.244 e. The second-order valence-corrected chi connectivity index (χ2v) is 7.39. The van der Waals surface area contributed by atoms with E-state index in [0.717, 1.165) is 28.2 Å². The second kappa shape index (κ2) is 8.26. The van der Waals surface area contributed by atoms with Gasteiger partial charge in [0.2, 0.25) is 5.91 Å². The van der Waals surface area contributed by atoms with Crippen molar-refractivity contribution in [1.29, 1.82) is 0 Å². The number of carbonyl (C=O) groups is 1. The van der Waals surface area contributed by atoms with E-state index in [1.165, 1.54) is 16.7 Å². The van der Waals surface area contributed by atoms with Gasteiger partial charge in [-0.05, 0) is 69.5 Å². The van der Waals surface area contributed by atoms with Gasteiger partial charge in [-0.1, -0.05) is 35.9 Å². The second-order valence-electron chi connectivity index (χ2n) is 7.39. The number of amides is 1. The highest BCUT2D eigenvalue weighted by atomic mass is 16.2. The molecule has 144 valence electrons. The van der Waals surface area contributed by atoms with Crippen LogP contribution in [-0.2, 0) is 11.2 Å². The minimum atomic E-state index is -0.119. The highest BCUT2D eigenvalue weighted by Crippen LogP contribution is 2.20. The summed E-state index contributed by atoms with van der Waals surface area (Å²) in [6, 6.07) is 16.6. The molecular weight excluding hydrogens is 346 g/mol. The molecule has 1 aromatic heterocycles. The van der Waals surface area contributed by atoms with E-state index in [1.54, 1.807) is 6.21 Å². The minimum Gasteiger partial charge on any atom is -0.318 e. The van der Waals surface area contributed by atoms with E-state index in [4.69, 9.17) is 0 Å². The molecule has 0 aliphatic heterocycles. The van der Waals surface area contributed by atoms with Gasteiger partial charge in [0.25, 0.3) is 0 Å². The number of hydrazone groups is 1. The molecule has 1 heterocycles. The van der Waals surface area contributed by atoms with E-state index in [9.17, 15) is 4.79 Å². The molecule has 0 saturated heterocycles. The first-order chi connectivity index (χ1) is 13.3. The topological polar surface area (TPSA) is 46.4 Å². The lowest BCUT2D eigenvalue weighted by molar-refractivity contribution is -0.120. The molecule has 0 aliphatic rings. The van der Waals surface area contributed by atoms with Crippen LogP contribution in [0.1, 0.15) is 39.2 Å². The fraction of sp³-hybridized carbons (Fsp3) is 0.250. The van der Waals surface area contributed by atoms with E-state index in [-0.39, 0.29) is 5.91 Å². The molecule has 0 bridgehead atoms. The molecule has 0 aliphatic carbocycles. The number of hydrogen-bond acceptors (Lipinski definition) is 2. The Morgan fingerprint density at radius 3 is 2.36 bits per heavy atom. The van der Waals surface area contributed by atoms with Crippen molar-refractivity contribution in [2.24, 2.45) is 5.10 Å². The predicted octanol–water partition coefficient (Wildman–Crippen LogP) is 4.71. The first kappa shape index (κ1) is 19.6. The normalized spacial score (nSPS) is 11.2. The summed E-state index contributed by atoms with van der Waals surface area (Å²) < 4.78 is 2.19. The smallest absolute Gasteiger partial charge is 0.244 e. The average molecular weight is 374 g/mol. The summed E-state index contributed by atoms with van der Waals surface area (Å²) in [5.41, 5.74) is 11.6. The molecule has 3 aromatic rings. The summed E-state index contributed by atoms with van der Waals surface area (Å²) in [4.78, 5) is 12.2. The van der Waals surface area contributed by atoms with Gasteiger partial charge in [0.15, 0.2) is 0 Å². The van der Waals surface area contributed by atoms with Gasteiger partial charge in [-0.3, -0.25) is 4.79 Å². The van der Waals surface area contributed by atoms with E-state index in [0.29, 0.717) is 6.42 Å². The number of benzene rings is 2. The zero-order valence-corrected chi connectivity index (χ0v) is 17.2. The van der Waals surface area contributed by atoms with Crippen LogP contribution in [0, 0.1) is 34.6 Å². The average Bonchev–Trinajstić information content (AvgIpc) is 2.93. The zero-order valence-electron chi connectivity index (χ0n) is 17.2. The van der Waals surface area contributed by atoms with Gasteiger partial charge in [0, 0.05) is 22.6 Å². The van der Waals surface area contributed by atoms with Crippen LogP contribution in [0.2, 0.25) is 0 Å². The van der Waals surface area contributed by atoms with Gasteiger partial charge < -0.3 is 4.57 Å². The fourth-order valence-electron chi connectivity index (χ4n) is 3.32. The number of nitrogens with one attached hydrogen (secondary N) is 1. The molecule has 0 saturated carbocycles. The molecule has 28 heavy (non-hydrogen) atoms. The van der Waals surface area contributed by atoms with Gasteiger partial charge >= 0.3 is 0 Å². The lowest BCUT2D eigenvalue weighted by atomic mass is 10.0. The molecule has 0 atom stereocenters. The summed E-state index contributed by atoms with van der Waals surface area (Å²) in [6.07, 6.45) is 2.03. The molecule has 2 aromatic carbocycles. The molecule has 4 nitrogen and oxygen atoms in total. The molecule has 0 fully saturated rings. The first-order valence-corrected chi connectivity index (χ1v) is 9.49. The number of nitrogens with zero attached hydrogens (tertiary/aromatic N) is 2. The number of rotatable bonds is 5. The summed E-state index contributed by atoms with van der Waals surface area (Å²) in [5.74, 6) is -0.119. The lowest BCUT2D eigenvalue weighted by Gasteiger charge is -2.09. The largest absolute Gasteiger partial charge is 0.318 e. The lowest BCUT2D eigenvalue weighted by Crippen LogP contribution is -2.19. The fourth-order valence-corrected chi connectivity index (χ4v) is 3.32. The maximum atomic E-state index is 12.2. The molecule has 0 unspecified atom stereocenters. The van der Waals surface area contributed by atoms with Crippen LogP contribution in [0.4, 0.5) is 0 Å².